The van der Waals surface area contributed by atoms with Crippen molar-refractivity contribution in [2.75, 3.05) is 66.5 Å². The van der Waals surface area contributed by atoms with Crippen LogP contribution in [0.3, 0.4) is 0 Å². The van der Waals surface area contributed by atoms with E-state index in [2.05, 4.69) is 44.3 Å². The molecule has 7 heteroatoms. The lowest BCUT2D eigenvalue weighted by molar-refractivity contribution is -0.122. The summed E-state index contributed by atoms with van der Waals surface area (Å²) in [6.45, 7) is 9.51. The van der Waals surface area contributed by atoms with E-state index < -0.39 is 0 Å². The van der Waals surface area contributed by atoms with Crippen molar-refractivity contribution in [2.45, 2.75) is 38.6 Å². The van der Waals surface area contributed by atoms with Crippen molar-refractivity contribution >= 4 is 11.9 Å². The number of likely N-dealkylation sites (N-methyl/N-ethyl adjacent to an activating group) is 1. The summed E-state index contributed by atoms with van der Waals surface area (Å²) in [5.41, 5.74) is 0. The number of guanidine groups is 1. The minimum atomic E-state index is 0.175. The van der Waals surface area contributed by atoms with Crippen LogP contribution in [0.25, 0.3) is 0 Å². The Kier molecular flexibility index (Phi) is 8.48. The van der Waals surface area contributed by atoms with Gasteiger partial charge in [0.1, 0.15) is 0 Å². The van der Waals surface area contributed by atoms with E-state index in [0.29, 0.717) is 12.6 Å². The molecule has 2 rings (SSSR count). The predicted molar refractivity (Wildman–Crippen MR) is 103 cm³/mol. The first-order valence-corrected chi connectivity index (χ1v) is 9.78. The number of aliphatic imine (C=N–C) groups is 1. The highest BCUT2D eigenvalue weighted by atomic mass is 16.2. The largest absolute Gasteiger partial charge is 0.355 e. The summed E-state index contributed by atoms with van der Waals surface area (Å²) >= 11 is 0. The van der Waals surface area contributed by atoms with Crippen molar-refractivity contribution in [1.29, 1.82) is 0 Å². The fourth-order valence-electron chi connectivity index (χ4n) is 3.05. The second-order valence-corrected chi connectivity index (χ2v) is 7.24. The molecular formula is C18H36N6O. The normalized spacial score (nSPS) is 19.4. The summed E-state index contributed by atoms with van der Waals surface area (Å²) in [5, 5.41) is 6.54. The third-order valence-corrected chi connectivity index (χ3v) is 4.86. The molecule has 0 aromatic carbocycles. The number of nitrogens with zero attached hydrogens (tertiary/aromatic N) is 4. The van der Waals surface area contributed by atoms with Crippen LogP contribution in [-0.2, 0) is 4.79 Å². The van der Waals surface area contributed by atoms with Gasteiger partial charge in [-0.3, -0.25) is 14.7 Å². The lowest BCUT2D eigenvalue weighted by Gasteiger charge is -2.36. The van der Waals surface area contributed by atoms with E-state index in [1.165, 1.54) is 12.8 Å². The van der Waals surface area contributed by atoms with Gasteiger partial charge in [-0.1, -0.05) is 13.3 Å². The first-order chi connectivity index (χ1) is 12.1. The molecule has 0 aromatic rings. The van der Waals surface area contributed by atoms with Crippen LogP contribution in [-0.4, -0.2) is 99.1 Å². The lowest BCUT2D eigenvalue weighted by Crippen LogP contribution is -2.54. The maximum atomic E-state index is 11.9. The van der Waals surface area contributed by atoms with E-state index in [-0.39, 0.29) is 5.91 Å². The highest BCUT2D eigenvalue weighted by molar-refractivity contribution is 5.80. The lowest BCUT2D eigenvalue weighted by atomic mass is 10.3. The van der Waals surface area contributed by atoms with Crippen LogP contribution < -0.4 is 10.6 Å². The number of hydrogen-bond acceptors (Lipinski definition) is 4. The molecule has 2 aliphatic rings. The zero-order chi connectivity index (χ0) is 18.1. The molecule has 1 aliphatic carbocycles. The Morgan fingerprint density at radius 2 is 1.92 bits per heavy atom. The second-order valence-electron chi connectivity index (χ2n) is 7.24. The monoisotopic (exact) mass is 352 g/mol. The van der Waals surface area contributed by atoms with Crippen LogP contribution in [0.5, 0.6) is 0 Å². The van der Waals surface area contributed by atoms with Gasteiger partial charge in [-0.05, 0) is 32.9 Å². The van der Waals surface area contributed by atoms with Crippen LogP contribution >= 0.6 is 0 Å². The topological polar surface area (TPSA) is 63.2 Å². The van der Waals surface area contributed by atoms with Crippen molar-refractivity contribution in [3.8, 4) is 0 Å². The molecule has 25 heavy (non-hydrogen) atoms. The van der Waals surface area contributed by atoms with Crippen molar-refractivity contribution < 1.29 is 4.79 Å². The fourth-order valence-corrected chi connectivity index (χ4v) is 3.05. The molecule has 0 spiro atoms. The summed E-state index contributed by atoms with van der Waals surface area (Å²) in [6.07, 6.45) is 4.79. The third kappa shape index (κ3) is 7.61. The molecular weight excluding hydrogens is 316 g/mol. The van der Waals surface area contributed by atoms with E-state index in [1.807, 2.05) is 7.05 Å². The van der Waals surface area contributed by atoms with E-state index in [9.17, 15) is 4.79 Å². The molecule has 1 saturated heterocycles. The summed E-state index contributed by atoms with van der Waals surface area (Å²) in [5.74, 6) is 1.15. The van der Waals surface area contributed by atoms with Crippen molar-refractivity contribution in [3.05, 3.63) is 0 Å². The zero-order valence-electron chi connectivity index (χ0n) is 16.3. The average Bonchev–Trinajstić information content (AvgIpc) is 3.41. The summed E-state index contributed by atoms with van der Waals surface area (Å²) in [4.78, 5) is 23.2. The molecule has 144 valence electrons. The van der Waals surface area contributed by atoms with Crippen molar-refractivity contribution in [2.24, 2.45) is 4.99 Å². The molecule has 0 aromatic heterocycles. The Bertz CT molecular complexity index is 429. The van der Waals surface area contributed by atoms with Crippen molar-refractivity contribution in [1.82, 2.24) is 25.3 Å². The summed E-state index contributed by atoms with van der Waals surface area (Å²) in [6, 6.07) is 0.451. The molecule has 2 fully saturated rings. The van der Waals surface area contributed by atoms with E-state index >= 15 is 0 Å². The Labute approximate surface area is 152 Å². The Hall–Kier alpha value is -1.34. The summed E-state index contributed by atoms with van der Waals surface area (Å²) in [7, 11) is 4.02. The molecule has 1 saturated carbocycles. The van der Waals surface area contributed by atoms with Gasteiger partial charge < -0.3 is 20.4 Å². The number of nitrogens with one attached hydrogen (secondary N) is 2. The van der Waals surface area contributed by atoms with Gasteiger partial charge in [-0.15, -0.1) is 0 Å². The van der Waals surface area contributed by atoms with Gasteiger partial charge in [-0.2, -0.15) is 0 Å². The van der Waals surface area contributed by atoms with Gasteiger partial charge in [0.05, 0.1) is 6.54 Å². The van der Waals surface area contributed by atoms with E-state index in [1.54, 1.807) is 0 Å². The Morgan fingerprint density at radius 1 is 1.20 bits per heavy atom. The SMILES string of the molecule is CCCCN(C)CCNC(=NC)N1CCN(CC(=O)NC2CC2)CC1. The molecule has 0 atom stereocenters. The van der Waals surface area contributed by atoms with Gasteiger partial charge >= 0.3 is 0 Å². The molecule has 0 radical (unpaired) electrons. The molecule has 0 bridgehead atoms. The molecule has 7 nitrogen and oxygen atoms in total. The minimum absolute atomic E-state index is 0.175. The maximum absolute atomic E-state index is 11.9. The Balaban J connectivity index is 1.62. The zero-order valence-corrected chi connectivity index (χ0v) is 16.3. The van der Waals surface area contributed by atoms with Crippen LogP contribution in [0.1, 0.15) is 32.6 Å². The molecule has 2 N–H and O–H groups in total. The van der Waals surface area contributed by atoms with Crippen LogP contribution in [0.2, 0.25) is 0 Å². The van der Waals surface area contributed by atoms with E-state index in [0.717, 1.165) is 64.6 Å². The van der Waals surface area contributed by atoms with Crippen LogP contribution in [0, 0.1) is 0 Å². The predicted octanol–water partition coefficient (Wildman–Crippen LogP) is 0.190. The number of piperazine rings is 1. The van der Waals surface area contributed by atoms with Gasteiger partial charge in [0.2, 0.25) is 5.91 Å². The fraction of sp³-hybridized carbons (Fsp3) is 0.889. The van der Waals surface area contributed by atoms with Gasteiger partial charge in [0, 0.05) is 52.4 Å². The second kappa shape index (κ2) is 10.6. The van der Waals surface area contributed by atoms with E-state index in [4.69, 9.17) is 0 Å². The number of hydrogen-bond donors (Lipinski definition) is 2. The first-order valence-electron chi connectivity index (χ1n) is 9.78. The number of rotatable bonds is 9. The average molecular weight is 353 g/mol. The third-order valence-electron chi connectivity index (χ3n) is 4.86. The Morgan fingerprint density at radius 3 is 2.52 bits per heavy atom. The van der Waals surface area contributed by atoms with Crippen molar-refractivity contribution in [3.63, 3.8) is 0 Å². The number of amides is 1. The standard InChI is InChI=1S/C18H36N6O/c1-4-5-9-22(3)10-8-20-18(19-2)24-13-11-23(12-14-24)15-17(25)21-16-6-7-16/h16H,4-15H2,1-3H3,(H,19,20)(H,21,25). The smallest absolute Gasteiger partial charge is 0.234 e. The number of carbonyl (C=O) groups is 1. The molecule has 1 heterocycles. The van der Waals surface area contributed by atoms with Gasteiger partial charge in [0.15, 0.2) is 5.96 Å². The quantitative estimate of drug-likeness (QED) is 0.458. The van der Waals surface area contributed by atoms with Crippen LogP contribution in [0.4, 0.5) is 0 Å². The van der Waals surface area contributed by atoms with Gasteiger partial charge in [0.25, 0.3) is 0 Å². The molecule has 1 aliphatic heterocycles. The highest BCUT2D eigenvalue weighted by Gasteiger charge is 2.25. The molecule has 1 amide bonds. The maximum Gasteiger partial charge on any atom is 0.234 e. The highest BCUT2D eigenvalue weighted by Crippen LogP contribution is 2.18. The first kappa shape index (κ1) is 20.0. The number of carbonyl (C=O) groups excluding carboxylic acids is 1. The number of unbranched alkanes of at least 4 members (excludes halogenated alkanes) is 1. The minimum Gasteiger partial charge on any atom is -0.355 e. The van der Waals surface area contributed by atoms with Gasteiger partial charge in [-0.25, -0.2) is 0 Å². The van der Waals surface area contributed by atoms with Crippen LogP contribution in [0.15, 0.2) is 4.99 Å². The summed E-state index contributed by atoms with van der Waals surface area (Å²) < 4.78 is 0. The molecule has 0 unspecified atom stereocenters.